The highest BCUT2D eigenvalue weighted by Crippen LogP contribution is 2.18. The third-order valence-electron chi connectivity index (χ3n) is 1.77. The third-order valence-corrected chi connectivity index (χ3v) is 1.77. The SMILES string of the molecule is CC(=O)c1ncc(-c2cccc(F)n2)o1. The van der Waals surface area contributed by atoms with Gasteiger partial charge in [-0.05, 0) is 12.1 Å². The van der Waals surface area contributed by atoms with Gasteiger partial charge in [0.25, 0.3) is 5.89 Å². The summed E-state index contributed by atoms with van der Waals surface area (Å²) in [5, 5.41) is 0. The molecule has 4 nitrogen and oxygen atoms in total. The van der Waals surface area contributed by atoms with Crippen LogP contribution in [0.2, 0.25) is 0 Å². The van der Waals surface area contributed by atoms with Gasteiger partial charge in [-0.2, -0.15) is 4.39 Å². The molecule has 0 bridgehead atoms. The molecule has 76 valence electrons. The minimum absolute atomic E-state index is 0.00365. The summed E-state index contributed by atoms with van der Waals surface area (Å²) in [6.45, 7) is 1.34. The van der Waals surface area contributed by atoms with Gasteiger partial charge in [-0.3, -0.25) is 4.79 Å². The quantitative estimate of drug-likeness (QED) is 0.557. The van der Waals surface area contributed by atoms with Crippen LogP contribution in [0.15, 0.2) is 28.8 Å². The zero-order chi connectivity index (χ0) is 10.8. The lowest BCUT2D eigenvalue weighted by atomic mass is 10.3. The summed E-state index contributed by atoms with van der Waals surface area (Å²) in [4.78, 5) is 18.3. The van der Waals surface area contributed by atoms with Crippen molar-refractivity contribution in [3.05, 3.63) is 36.2 Å². The largest absolute Gasteiger partial charge is 0.432 e. The van der Waals surface area contributed by atoms with Crippen LogP contribution in [-0.4, -0.2) is 15.8 Å². The number of pyridine rings is 1. The summed E-state index contributed by atoms with van der Waals surface area (Å²) in [5.74, 6) is -0.610. The number of hydrogen-bond acceptors (Lipinski definition) is 4. The number of carbonyl (C=O) groups excluding carboxylic acids is 1. The molecule has 0 radical (unpaired) electrons. The van der Waals surface area contributed by atoms with Crippen molar-refractivity contribution in [2.24, 2.45) is 0 Å². The van der Waals surface area contributed by atoms with E-state index in [1.165, 1.54) is 25.3 Å². The molecule has 0 saturated carbocycles. The van der Waals surface area contributed by atoms with Gasteiger partial charge in [-0.15, -0.1) is 0 Å². The highest BCUT2D eigenvalue weighted by atomic mass is 19.1. The normalized spacial score (nSPS) is 10.3. The second kappa shape index (κ2) is 3.61. The van der Waals surface area contributed by atoms with Crippen molar-refractivity contribution in [2.75, 3.05) is 0 Å². The van der Waals surface area contributed by atoms with Crippen LogP contribution in [-0.2, 0) is 0 Å². The lowest BCUT2D eigenvalue weighted by Crippen LogP contribution is -1.89. The molecule has 0 amide bonds. The molecule has 2 heterocycles. The summed E-state index contributed by atoms with van der Waals surface area (Å²) in [6.07, 6.45) is 1.35. The fourth-order valence-corrected chi connectivity index (χ4v) is 1.10. The van der Waals surface area contributed by atoms with Crippen molar-refractivity contribution in [1.29, 1.82) is 0 Å². The third kappa shape index (κ3) is 1.90. The Hall–Kier alpha value is -2.04. The Labute approximate surface area is 84.8 Å². The Morgan fingerprint density at radius 1 is 1.47 bits per heavy atom. The average Bonchev–Trinajstić information content (AvgIpc) is 2.66. The molecule has 0 fully saturated rings. The van der Waals surface area contributed by atoms with Crippen molar-refractivity contribution in [3.63, 3.8) is 0 Å². The van der Waals surface area contributed by atoms with Gasteiger partial charge < -0.3 is 4.42 Å². The van der Waals surface area contributed by atoms with Crippen molar-refractivity contribution in [3.8, 4) is 11.5 Å². The smallest absolute Gasteiger partial charge is 0.263 e. The number of rotatable bonds is 2. The molecule has 0 aromatic carbocycles. The van der Waals surface area contributed by atoms with Gasteiger partial charge in [0.15, 0.2) is 5.76 Å². The first kappa shape index (κ1) is 9.51. The molecule has 0 saturated heterocycles. The number of ketones is 1. The fraction of sp³-hybridized carbons (Fsp3) is 0.100. The van der Waals surface area contributed by atoms with Crippen LogP contribution in [0.3, 0.4) is 0 Å². The molecule has 0 atom stereocenters. The average molecular weight is 206 g/mol. The number of hydrogen-bond donors (Lipinski definition) is 0. The molecule has 0 aliphatic carbocycles. The molecule has 0 aliphatic rings. The van der Waals surface area contributed by atoms with Gasteiger partial charge >= 0.3 is 0 Å². The van der Waals surface area contributed by atoms with E-state index in [1.54, 1.807) is 6.07 Å². The Balaban J connectivity index is 2.41. The van der Waals surface area contributed by atoms with Crippen LogP contribution >= 0.6 is 0 Å². The first-order valence-corrected chi connectivity index (χ1v) is 4.26. The fourth-order valence-electron chi connectivity index (χ4n) is 1.10. The van der Waals surface area contributed by atoms with Gasteiger partial charge in [0.2, 0.25) is 11.7 Å². The molecule has 0 N–H and O–H groups in total. The number of Topliss-reactive ketones (excluding diaryl/α,β-unsaturated/α-hetero) is 1. The summed E-state index contributed by atoms with van der Waals surface area (Å²) in [7, 11) is 0. The first-order valence-electron chi connectivity index (χ1n) is 4.26. The molecule has 2 aromatic heterocycles. The minimum Gasteiger partial charge on any atom is -0.432 e. The molecular formula is C10H7FN2O2. The van der Waals surface area contributed by atoms with Crippen LogP contribution in [0, 0.1) is 5.95 Å². The van der Waals surface area contributed by atoms with E-state index in [1.807, 2.05) is 0 Å². The van der Waals surface area contributed by atoms with Crippen LogP contribution in [0.5, 0.6) is 0 Å². The zero-order valence-electron chi connectivity index (χ0n) is 7.90. The van der Waals surface area contributed by atoms with Crippen LogP contribution in [0.1, 0.15) is 17.6 Å². The Morgan fingerprint density at radius 3 is 2.87 bits per heavy atom. The molecule has 5 heteroatoms. The molecular weight excluding hydrogens is 199 g/mol. The van der Waals surface area contributed by atoms with Gasteiger partial charge in [-0.25, -0.2) is 9.97 Å². The van der Waals surface area contributed by atoms with Gasteiger partial charge in [0, 0.05) is 6.92 Å². The molecule has 0 spiro atoms. The molecule has 2 rings (SSSR count). The predicted octanol–water partition coefficient (Wildman–Crippen LogP) is 2.08. The summed E-state index contributed by atoms with van der Waals surface area (Å²) in [6, 6.07) is 4.31. The van der Waals surface area contributed by atoms with E-state index in [0.29, 0.717) is 5.69 Å². The van der Waals surface area contributed by atoms with Gasteiger partial charge in [-0.1, -0.05) is 6.07 Å². The monoisotopic (exact) mass is 206 g/mol. The lowest BCUT2D eigenvalue weighted by Gasteiger charge is -1.93. The zero-order valence-corrected chi connectivity index (χ0v) is 7.90. The molecule has 0 unspecified atom stereocenters. The topological polar surface area (TPSA) is 56.0 Å². The maximum atomic E-state index is 12.8. The molecule has 0 aliphatic heterocycles. The molecule has 2 aromatic rings. The van der Waals surface area contributed by atoms with Crippen LogP contribution in [0.25, 0.3) is 11.5 Å². The maximum Gasteiger partial charge on any atom is 0.263 e. The minimum atomic E-state index is -0.603. The second-order valence-corrected chi connectivity index (χ2v) is 2.93. The van der Waals surface area contributed by atoms with E-state index >= 15 is 0 Å². The number of aromatic nitrogens is 2. The van der Waals surface area contributed by atoms with Crippen molar-refractivity contribution in [2.45, 2.75) is 6.92 Å². The highest BCUT2D eigenvalue weighted by molar-refractivity contribution is 5.89. The standard InChI is InChI=1S/C10H7FN2O2/c1-6(14)10-12-5-8(15-10)7-3-2-4-9(11)13-7/h2-5H,1H3. The maximum absolute atomic E-state index is 12.8. The van der Waals surface area contributed by atoms with Crippen molar-refractivity contribution >= 4 is 5.78 Å². The Bertz CT molecular complexity index is 508. The predicted molar refractivity (Wildman–Crippen MR) is 49.7 cm³/mol. The Kier molecular flexibility index (Phi) is 2.29. The van der Waals surface area contributed by atoms with Crippen molar-refractivity contribution < 1.29 is 13.6 Å². The van der Waals surface area contributed by atoms with E-state index in [-0.39, 0.29) is 17.4 Å². The van der Waals surface area contributed by atoms with Crippen molar-refractivity contribution in [1.82, 2.24) is 9.97 Å². The second-order valence-electron chi connectivity index (χ2n) is 2.93. The van der Waals surface area contributed by atoms with Gasteiger partial charge in [0.05, 0.1) is 6.20 Å². The number of nitrogens with zero attached hydrogens (tertiary/aromatic N) is 2. The van der Waals surface area contributed by atoms with Crippen LogP contribution in [0.4, 0.5) is 4.39 Å². The number of oxazole rings is 1. The Morgan fingerprint density at radius 2 is 2.27 bits per heavy atom. The number of carbonyl (C=O) groups is 1. The summed E-state index contributed by atoms with van der Waals surface area (Å²) < 4.78 is 17.9. The van der Waals surface area contributed by atoms with Gasteiger partial charge in [0.1, 0.15) is 5.69 Å². The van der Waals surface area contributed by atoms with E-state index in [0.717, 1.165) is 0 Å². The van der Waals surface area contributed by atoms with E-state index in [2.05, 4.69) is 9.97 Å². The highest BCUT2D eigenvalue weighted by Gasteiger charge is 2.10. The van der Waals surface area contributed by atoms with E-state index in [9.17, 15) is 9.18 Å². The molecule has 15 heavy (non-hydrogen) atoms. The van der Waals surface area contributed by atoms with Crippen LogP contribution < -0.4 is 0 Å². The lowest BCUT2D eigenvalue weighted by molar-refractivity contribution is 0.0981. The van der Waals surface area contributed by atoms with E-state index < -0.39 is 5.95 Å². The first-order chi connectivity index (χ1) is 7.16. The van der Waals surface area contributed by atoms with E-state index in [4.69, 9.17) is 4.42 Å². The number of halogens is 1. The summed E-state index contributed by atoms with van der Waals surface area (Å²) in [5.41, 5.74) is 0.315. The summed E-state index contributed by atoms with van der Waals surface area (Å²) >= 11 is 0.